The lowest BCUT2D eigenvalue weighted by Crippen LogP contribution is -2.10. The van der Waals surface area contributed by atoms with E-state index in [0.717, 1.165) is 0 Å². The van der Waals surface area contributed by atoms with E-state index in [1.807, 2.05) is 6.92 Å². The highest BCUT2D eigenvalue weighted by Gasteiger charge is 2.13. The van der Waals surface area contributed by atoms with Crippen molar-refractivity contribution in [1.82, 2.24) is 0 Å². The van der Waals surface area contributed by atoms with Gasteiger partial charge in [0.2, 0.25) is 0 Å². The Hall–Kier alpha value is -2.30. The van der Waals surface area contributed by atoms with Gasteiger partial charge in [0.05, 0.1) is 11.7 Å². The molecule has 1 unspecified atom stereocenters. The second-order valence-corrected chi connectivity index (χ2v) is 4.30. The fraction of sp³-hybridized carbons (Fsp3) is 0.200. The Bertz CT molecular complexity index is 575. The molecule has 0 saturated heterocycles. The maximum Gasteiger partial charge on any atom is 0.387 e. The van der Waals surface area contributed by atoms with Crippen LogP contribution in [0.2, 0.25) is 0 Å². The number of hydrogen-bond donors (Lipinski definition) is 2. The van der Waals surface area contributed by atoms with Crippen LogP contribution in [0.25, 0.3) is 0 Å². The Balaban J connectivity index is 2.20. The van der Waals surface area contributed by atoms with Crippen LogP contribution in [0.1, 0.15) is 18.5 Å². The second-order valence-electron chi connectivity index (χ2n) is 4.30. The summed E-state index contributed by atoms with van der Waals surface area (Å²) in [6.07, 6.45) is 0. The zero-order valence-electron chi connectivity index (χ0n) is 10.9. The van der Waals surface area contributed by atoms with Crippen LogP contribution in [0.5, 0.6) is 11.5 Å². The van der Waals surface area contributed by atoms with E-state index in [2.05, 4.69) is 10.1 Å². The summed E-state index contributed by atoms with van der Waals surface area (Å²) in [6.45, 7) is -1.05. The van der Waals surface area contributed by atoms with Gasteiger partial charge >= 0.3 is 6.61 Å². The van der Waals surface area contributed by atoms with Crippen molar-refractivity contribution in [2.45, 2.75) is 19.6 Å². The van der Waals surface area contributed by atoms with E-state index in [9.17, 15) is 13.9 Å². The standard InChI is InChI=1S/C15H15F2NO2/c1-10(11-6-2-4-8-13(11)19)18-12-7-3-5-9-14(12)20-15(16)17/h2-10,15,18-19H,1H3. The van der Waals surface area contributed by atoms with Crippen molar-refractivity contribution in [3.8, 4) is 11.5 Å². The Labute approximate surface area is 115 Å². The van der Waals surface area contributed by atoms with Crippen LogP contribution in [-0.4, -0.2) is 11.7 Å². The monoisotopic (exact) mass is 279 g/mol. The maximum atomic E-state index is 12.3. The highest BCUT2D eigenvalue weighted by Crippen LogP contribution is 2.31. The van der Waals surface area contributed by atoms with Gasteiger partial charge in [0.15, 0.2) is 0 Å². The molecule has 0 aromatic heterocycles. The van der Waals surface area contributed by atoms with Crippen LogP contribution in [0.3, 0.4) is 0 Å². The van der Waals surface area contributed by atoms with Crippen molar-refractivity contribution in [3.05, 3.63) is 54.1 Å². The van der Waals surface area contributed by atoms with Crippen LogP contribution >= 0.6 is 0 Å². The maximum absolute atomic E-state index is 12.3. The number of phenols is 1. The summed E-state index contributed by atoms with van der Waals surface area (Å²) in [5.41, 5.74) is 1.13. The average molecular weight is 279 g/mol. The van der Waals surface area contributed by atoms with E-state index < -0.39 is 6.61 Å². The molecule has 1 atom stereocenters. The van der Waals surface area contributed by atoms with Crippen LogP contribution in [0.4, 0.5) is 14.5 Å². The lowest BCUT2D eigenvalue weighted by molar-refractivity contribution is -0.0493. The zero-order valence-corrected chi connectivity index (χ0v) is 10.9. The topological polar surface area (TPSA) is 41.5 Å². The lowest BCUT2D eigenvalue weighted by Gasteiger charge is -2.19. The predicted molar refractivity (Wildman–Crippen MR) is 73.2 cm³/mol. The number of para-hydroxylation sites is 3. The van der Waals surface area contributed by atoms with Crippen LogP contribution < -0.4 is 10.1 Å². The molecular formula is C15H15F2NO2. The largest absolute Gasteiger partial charge is 0.508 e. The third-order valence-corrected chi connectivity index (χ3v) is 2.88. The molecule has 0 radical (unpaired) electrons. The molecule has 0 aliphatic carbocycles. The summed E-state index contributed by atoms with van der Waals surface area (Å²) in [5, 5.41) is 12.8. The molecule has 0 saturated carbocycles. The molecule has 5 heteroatoms. The molecule has 2 rings (SSSR count). The molecular weight excluding hydrogens is 264 g/mol. The third-order valence-electron chi connectivity index (χ3n) is 2.88. The molecule has 2 N–H and O–H groups in total. The van der Waals surface area contributed by atoms with E-state index >= 15 is 0 Å². The minimum atomic E-state index is -2.88. The first-order valence-corrected chi connectivity index (χ1v) is 6.16. The number of halogens is 2. The number of nitrogens with one attached hydrogen (secondary N) is 1. The van der Waals surface area contributed by atoms with E-state index in [0.29, 0.717) is 11.3 Å². The first kappa shape index (κ1) is 14.1. The van der Waals surface area contributed by atoms with Gasteiger partial charge in [-0.2, -0.15) is 8.78 Å². The van der Waals surface area contributed by atoms with E-state index in [1.165, 1.54) is 6.07 Å². The van der Waals surface area contributed by atoms with Gasteiger partial charge in [-0.05, 0) is 25.1 Å². The normalized spacial score (nSPS) is 12.2. The molecule has 0 heterocycles. The summed E-state index contributed by atoms with van der Waals surface area (Å²) in [6, 6.07) is 13.1. The Morgan fingerprint density at radius 1 is 1.05 bits per heavy atom. The van der Waals surface area contributed by atoms with E-state index in [1.54, 1.807) is 42.5 Å². The highest BCUT2D eigenvalue weighted by atomic mass is 19.3. The highest BCUT2D eigenvalue weighted by molar-refractivity contribution is 5.57. The number of hydrogen-bond acceptors (Lipinski definition) is 3. The molecule has 2 aromatic carbocycles. The van der Waals surface area contributed by atoms with Gasteiger partial charge in [-0.1, -0.05) is 30.3 Å². The Morgan fingerprint density at radius 2 is 1.70 bits per heavy atom. The zero-order chi connectivity index (χ0) is 14.5. The molecule has 106 valence electrons. The van der Waals surface area contributed by atoms with Gasteiger partial charge in [-0.25, -0.2) is 0 Å². The predicted octanol–water partition coefficient (Wildman–Crippen LogP) is 4.17. The number of phenolic OH excluding ortho intramolecular Hbond substituents is 1. The van der Waals surface area contributed by atoms with Crippen molar-refractivity contribution >= 4 is 5.69 Å². The van der Waals surface area contributed by atoms with Crippen LogP contribution in [0.15, 0.2) is 48.5 Å². The quantitative estimate of drug-likeness (QED) is 0.863. The SMILES string of the molecule is CC(Nc1ccccc1OC(F)F)c1ccccc1O. The summed E-state index contributed by atoms with van der Waals surface area (Å²) in [4.78, 5) is 0. The lowest BCUT2D eigenvalue weighted by atomic mass is 10.1. The first-order valence-electron chi connectivity index (χ1n) is 6.16. The molecule has 0 spiro atoms. The number of aromatic hydroxyl groups is 1. The van der Waals surface area contributed by atoms with Crippen LogP contribution in [0, 0.1) is 0 Å². The Kier molecular flexibility index (Phi) is 4.40. The van der Waals surface area contributed by atoms with Crippen molar-refractivity contribution in [2.24, 2.45) is 0 Å². The number of alkyl halides is 2. The fourth-order valence-corrected chi connectivity index (χ4v) is 1.95. The molecule has 20 heavy (non-hydrogen) atoms. The number of rotatable bonds is 5. The first-order chi connectivity index (χ1) is 9.58. The van der Waals surface area contributed by atoms with Crippen molar-refractivity contribution in [3.63, 3.8) is 0 Å². The summed E-state index contributed by atoms with van der Waals surface area (Å²) in [7, 11) is 0. The van der Waals surface area contributed by atoms with Gasteiger partial charge in [-0.3, -0.25) is 0 Å². The fourth-order valence-electron chi connectivity index (χ4n) is 1.95. The Morgan fingerprint density at radius 3 is 2.40 bits per heavy atom. The van der Waals surface area contributed by atoms with Crippen molar-refractivity contribution in [2.75, 3.05) is 5.32 Å². The number of benzene rings is 2. The summed E-state index contributed by atoms with van der Waals surface area (Å²) in [5.74, 6) is 0.226. The van der Waals surface area contributed by atoms with Gasteiger partial charge in [0.1, 0.15) is 11.5 Å². The van der Waals surface area contributed by atoms with Crippen LogP contribution in [-0.2, 0) is 0 Å². The smallest absolute Gasteiger partial charge is 0.387 e. The van der Waals surface area contributed by atoms with Gasteiger partial charge in [0, 0.05) is 5.56 Å². The summed E-state index contributed by atoms with van der Waals surface area (Å²) < 4.78 is 29.1. The molecule has 0 aliphatic heterocycles. The van der Waals surface area contributed by atoms with Crippen molar-refractivity contribution in [1.29, 1.82) is 0 Å². The molecule has 0 fully saturated rings. The van der Waals surface area contributed by atoms with E-state index in [-0.39, 0.29) is 17.5 Å². The molecule has 0 bridgehead atoms. The van der Waals surface area contributed by atoms with Gasteiger partial charge in [-0.15, -0.1) is 0 Å². The minimum absolute atomic E-state index is 0.0739. The molecule has 2 aromatic rings. The molecule has 0 amide bonds. The van der Waals surface area contributed by atoms with Crippen molar-refractivity contribution < 1.29 is 18.6 Å². The van der Waals surface area contributed by atoms with E-state index in [4.69, 9.17) is 0 Å². The molecule has 3 nitrogen and oxygen atoms in total. The second kappa shape index (κ2) is 6.23. The molecule has 0 aliphatic rings. The minimum Gasteiger partial charge on any atom is -0.508 e. The summed E-state index contributed by atoms with van der Waals surface area (Å²) >= 11 is 0. The number of ether oxygens (including phenoxy) is 1. The van der Waals surface area contributed by atoms with Gasteiger partial charge in [0.25, 0.3) is 0 Å². The average Bonchev–Trinajstić information content (AvgIpc) is 2.41. The van der Waals surface area contributed by atoms with Gasteiger partial charge < -0.3 is 15.2 Å². The third kappa shape index (κ3) is 3.38. The number of anilines is 1.